The molecule has 5 rings (SSSR count). The number of aliphatic hydroxyl groups excluding tert-OH is 1. The number of para-hydroxylation sites is 2. The second-order valence-electron chi connectivity index (χ2n) is 9.64. The number of carbonyl (C=O) groups is 1. The van der Waals surface area contributed by atoms with Gasteiger partial charge in [-0.3, -0.25) is 4.79 Å². The summed E-state index contributed by atoms with van der Waals surface area (Å²) in [6.45, 7) is 5.16. The Balaban J connectivity index is 1.34. The molecule has 0 unspecified atom stereocenters. The van der Waals surface area contributed by atoms with Crippen LogP contribution in [0.15, 0.2) is 72.8 Å². The molecular formula is C29H30FN3O3. The molecule has 1 saturated heterocycles. The number of rotatable bonds is 8. The molecule has 6 nitrogen and oxygen atoms in total. The van der Waals surface area contributed by atoms with E-state index in [2.05, 4.69) is 13.8 Å². The Morgan fingerprint density at radius 1 is 1.06 bits per heavy atom. The van der Waals surface area contributed by atoms with Gasteiger partial charge < -0.3 is 19.3 Å². The van der Waals surface area contributed by atoms with Crippen LogP contribution in [0.25, 0.3) is 11.0 Å². The summed E-state index contributed by atoms with van der Waals surface area (Å²) in [7, 11) is 0. The standard InChI is InChI=1S/C29H30FN3O3/c1-19(2)20-7-13-25(14-8-20)36-18-24(34)17-33-27-6-4-3-5-26(27)31-29(33)21-15-28(35)32(16-21)23-11-9-22(30)10-12-23/h3-14,19,21,24,34H,15-18H2,1-2H3/t21-,24-/m1/s1. The molecule has 2 heterocycles. The second kappa shape index (κ2) is 10.1. The van der Waals surface area contributed by atoms with E-state index in [0.717, 1.165) is 16.9 Å². The Morgan fingerprint density at radius 3 is 2.50 bits per heavy atom. The lowest BCUT2D eigenvalue weighted by atomic mass is 10.0. The number of hydrogen-bond donors (Lipinski definition) is 1. The fraction of sp³-hybridized carbons (Fsp3) is 0.310. The molecule has 1 fully saturated rings. The first kappa shape index (κ1) is 24.0. The third-order valence-electron chi connectivity index (χ3n) is 6.70. The van der Waals surface area contributed by atoms with Gasteiger partial charge in [0.15, 0.2) is 0 Å². The van der Waals surface area contributed by atoms with E-state index in [4.69, 9.17) is 9.72 Å². The fourth-order valence-corrected chi connectivity index (χ4v) is 4.75. The number of ether oxygens (including phenoxy) is 1. The molecule has 1 aromatic heterocycles. The topological polar surface area (TPSA) is 67.6 Å². The van der Waals surface area contributed by atoms with Crippen LogP contribution in [0.2, 0.25) is 0 Å². The van der Waals surface area contributed by atoms with Gasteiger partial charge in [-0.15, -0.1) is 0 Å². The molecule has 1 aliphatic heterocycles. The molecular weight excluding hydrogens is 457 g/mol. The first-order valence-corrected chi connectivity index (χ1v) is 12.3. The molecule has 0 spiro atoms. The predicted octanol–water partition coefficient (Wildman–Crippen LogP) is 5.26. The van der Waals surface area contributed by atoms with Crippen LogP contribution >= 0.6 is 0 Å². The highest BCUT2D eigenvalue weighted by atomic mass is 19.1. The molecule has 0 radical (unpaired) electrons. The first-order valence-electron chi connectivity index (χ1n) is 12.3. The van der Waals surface area contributed by atoms with Crippen molar-refractivity contribution in [2.75, 3.05) is 18.1 Å². The number of nitrogens with zero attached hydrogens (tertiary/aromatic N) is 3. The number of anilines is 1. The molecule has 0 bridgehead atoms. The first-order chi connectivity index (χ1) is 17.4. The number of benzene rings is 3. The van der Waals surface area contributed by atoms with E-state index in [1.165, 1.54) is 17.7 Å². The van der Waals surface area contributed by atoms with Gasteiger partial charge in [-0.05, 0) is 60.0 Å². The molecule has 0 saturated carbocycles. The van der Waals surface area contributed by atoms with Crippen molar-refractivity contribution in [2.45, 2.75) is 44.8 Å². The van der Waals surface area contributed by atoms with Crippen LogP contribution in [-0.2, 0) is 11.3 Å². The lowest BCUT2D eigenvalue weighted by Gasteiger charge is -2.19. The molecule has 36 heavy (non-hydrogen) atoms. The Morgan fingerprint density at radius 2 is 1.78 bits per heavy atom. The van der Waals surface area contributed by atoms with Crippen molar-refractivity contribution in [3.63, 3.8) is 0 Å². The highest BCUT2D eigenvalue weighted by Crippen LogP contribution is 2.33. The zero-order chi connectivity index (χ0) is 25.2. The average Bonchev–Trinajstić information content (AvgIpc) is 3.44. The van der Waals surface area contributed by atoms with Gasteiger partial charge in [-0.25, -0.2) is 9.37 Å². The number of carbonyl (C=O) groups excluding carboxylic acids is 1. The van der Waals surface area contributed by atoms with E-state index in [1.807, 2.05) is 53.1 Å². The normalized spacial score (nSPS) is 16.8. The number of halogens is 1. The second-order valence-corrected chi connectivity index (χ2v) is 9.64. The number of fused-ring (bicyclic) bond motifs is 1. The minimum absolute atomic E-state index is 0.0288. The van der Waals surface area contributed by atoms with Crippen molar-refractivity contribution in [2.24, 2.45) is 0 Å². The van der Waals surface area contributed by atoms with Crippen molar-refractivity contribution in [1.82, 2.24) is 9.55 Å². The molecule has 1 aliphatic rings. The van der Waals surface area contributed by atoms with E-state index in [-0.39, 0.29) is 24.2 Å². The quantitative estimate of drug-likeness (QED) is 0.368. The van der Waals surface area contributed by atoms with Gasteiger partial charge in [0.1, 0.15) is 30.1 Å². The van der Waals surface area contributed by atoms with Gasteiger partial charge >= 0.3 is 0 Å². The molecule has 186 valence electrons. The van der Waals surface area contributed by atoms with Crippen molar-refractivity contribution in [1.29, 1.82) is 0 Å². The lowest BCUT2D eigenvalue weighted by molar-refractivity contribution is -0.117. The van der Waals surface area contributed by atoms with Crippen molar-refractivity contribution < 1.29 is 19.0 Å². The van der Waals surface area contributed by atoms with Crippen LogP contribution in [0.4, 0.5) is 10.1 Å². The van der Waals surface area contributed by atoms with E-state index in [0.29, 0.717) is 36.9 Å². The SMILES string of the molecule is CC(C)c1ccc(OC[C@H](O)Cn2c([C@@H]3CC(=O)N(c4ccc(F)cc4)C3)nc3ccccc32)cc1. The molecule has 1 N–H and O–H groups in total. The Hall–Kier alpha value is -3.71. The van der Waals surface area contributed by atoms with Crippen LogP contribution in [0.1, 0.15) is 43.5 Å². The monoisotopic (exact) mass is 487 g/mol. The highest BCUT2D eigenvalue weighted by Gasteiger charge is 2.35. The van der Waals surface area contributed by atoms with E-state index in [9.17, 15) is 14.3 Å². The molecule has 4 aromatic rings. The Bertz CT molecular complexity index is 1350. The predicted molar refractivity (Wildman–Crippen MR) is 138 cm³/mol. The molecule has 1 amide bonds. The summed E-state index contributed by atoms with van der Waals surface area (Å²) < 4.78 is 21.2. The van der Waals surface area contributed by atoms with Crippen LogP contribution in [0.3, 0.4) is 0 Å². The van der Waals surface area contributed by atoms with E-state index >= 15 is 0 Å². The smallest absolute Gasteiger partial charge is 0.227 e. The van der Waals surface area contributed by atoms with Crippen LogP contribution in [0, 0.1) is 5.82 Å². The van der Waals surface area contributed by atoms with E-state index in [1.54, 1.807) is 17.0 Å². The third kappa shape index (κ3) is 4.97. The summed E-state index contributed by atoms with van der Waals surface area (Å²) in [5, 5.41) is 10.9. The molecule has 2 atom stereocenters. The van der Waals surface area contributed by atoms with Gasteiger partial charge in [0.25, 0.3) is 0 Å². The number of aliphatic hydroxyl groups is 1. The van der Waals surface area contributed by atoms with Gasteiger partial charge in [0.2, 0.25) is 5.91 Å². The molecule has 3 aromatic carbocycles. The highest BCUT2D eigenvalue weighted by molar-refractivity contribution is 5.96. The fourth-order valence-electron chi connectivity index (χ4n) is 4.75. The number of imidazole rings is 1. The van der Waals surface area contributed by atoms with Crippen LogP contribution < -0.4 is 9.64 Å². The summed E-state index contributed by atoms with van der Waals surface area (Å²) in [4.78, 5) is 19.4. The summed E-state index contributed by atoms with van der Waals surface area (Å²) in [5.41, 5.74) is 3.62. The van der Waals surface area contributed by atoms with Crippen molar-refractivity contribution in [3.05, 3.63) is 90.0 Å². The van der Waals surface area contributed by atoms with Gasteiger partial charge in [0, 0.05) is 24.6 Å². The Kier molecular flexibility index (Phi) is 6.74. The number of hydrogen-bond acceptors (Lipinski definition) is 4. The molecule has 7 heteroatoms. The third-order valence-corrected chi connectivity index (χ3v) is 6.70. The summed E-state index contributed by atoms with van der Waals surface area (Å²) in [6, 6.07) is 21.7. The molecule has 0 aliphatic carbocycles. The minimum atomic E-state index is -0.767. The van der Waals surface area contributed by atoms with Crippen LogP contribution in [0.5, 0.6) is 5.75 Å². The zero-order valence-electron chi connectivity index (χ0n) is 20.5. The maximum absolute atomic E-state index is 13.4. The largest absolute Gasteiger partial charge is 0.491 e. The maximum Gasteiger partial charge on any atom is 0.227 e. The Labute approximate surface area is 210 Å². The zero-order valence-corrected chi connectivity index (χ0v) is 20.5. The summed E-state index contributed by atoms with van der Waals surface area (Å²) >= 11 is 0. The lowest BCUT2D eigenvalue weighted by Crippen LogP contribution is -2.26. The van der Waals surface area contributed by atoms with Crippen LogP contribution in [-0.4, -0.2) is 39.8 Å². The number of aromatic nitrogens is 2. The number of amides is 1. The minimum Gasteiger partial charge on any atom is -0.491 e. The maximum atomic E-state index is 13.4. The van der Waals surface area contributed by atoms with Crippen molar-refractivity contribution >= 4 is 22.6 Å². The van der Waals surface area contributed by atoms with Crippen molar-refractivity contribution in [3.8, 4) is 5.75 Å². The summed E-state index contributed by atoms with van der Waals surface area (Å²) in [5.74, 6) is 1.40. The average molecular weight is 488 g/mol. The van der Waals surface area contributed by atoms with Gasteiger partial charge in [0.05, 0.1) is 17.6 Å². The van der Waals surface area contributed by atoms with Gasteiger partial charge in [-0.1, -0.05) is 38.1 Å². The van der Waals surface area contributed by atoms with Gasteiger partial charge in [-0.2, -0.15) is 0 Å². The van der Waals surface area contributed by atoms with E-state index < -0.39 is 6.10 Å². The summed E-state index contributed by atoms with van der Waals surface area (Å²) in [6.07, 6.45) is -0.466.